The molecule has 16 heavy (non-hydrogen) atoms. The summed E-state index contributed by atoms with van der Waals surface area (Å²) in [6.07, 6.45) is 3.16. The number of nitrogens with two attached hydrogens (primary N) is 1. The molecule has 1 atom stereocenters. The van der Waals surface area contributed by atoms with E-state index in [0.717, 1.165) is 12.8 Å². The molecule has 96 valence electrons. The van der Waals surface area contributed by atoms with Crippen molar-refractivity contribution >= 4 is 15.7 Å². The van der Waals surface area contributed by atoms with Crippen LogP contribution in [0.2, 0.25) is 0 Å². The summed E-state index contributed by atoms with van der Waals surface area (Å²) in [4.78, 5) is 13.0. The van der Waals surface area contributed by atoms with Crippen LogP contribution in [0.15, 0.2) is 0 Å². The van der Waals surface area contributed by atoms with E-state index in [1.54, 1.807) is 7.05 Å². The van der Waals surface area contributed by atoms with Gasteiger partial charge in [0.25, 0.3) is 0 Å². The molecule has 0 bridgehead atoms. The number of nitrogens with zero attached hydrogens (tertiary/aromatic N) is 1. The molecule has 0 aromatic carbocycles. The Morgan fingerprint density at radius 1 is 1.44 bits per heavy atom. The van der Waals surface area contributed by atoms with E-state index in [2.05, 4.69) is 0 Å². The Balaban J connectivity index is 3.82. The number of carbonyl (C=O) groups is 1. The fourth-order valence-corrected chi connectivity index (χ4v) is 1.80. The number of hydrogen-bond acceptors (Lipinski definition) is 4. The highest BCUT2D eigenvalue weighted by Gasteiger charge is 2.11. The third-order valence-electron chi connectivity index (χ3n) is 2.27. The fraction of sp³-hybridized carbons (Fsp3) is 0.900. The molecular weight excluding hydrogens is 228 g/mol. The van der Waals surface area contributed by atoms with Crippen molar-refractivity contribution in [2.45, 2.75) is 32.2 Å². The van der Waals surface area contributed by atoms with E-state index in [9.17, 15) is 13.2 Å². The molecule has 0 radical (unpaired) electrons. The maximum Gasteiger partial charge on any atom is 0.222 e. The fourth-order valence-electron chi connectivity index (χ4n) is 1.19. The van der Waals surface area contributed by atoms with Gasteiger partial charge in [-0.25, -0.2) is 8.42 Å². The maximum atomic E-state index is 11.5. The molecule has 0 aromatic heterocycles. The minimum atomic E-state index is -3.00. The van der Waals surface area contributed by atoms with Crippen molar-refractivity contribution < 1.29 is 13.2 Å². The molecular formula is C10H22N2O3S. The van der Waals surface area contributed by atoms with Crippen LogP contribution in [0.25, 0.3) is 0 Å². The zero-order chi connectivity index (χ0) is 12.8. The molecule has 2 N–H and O–H groups in total. The second-order valence-electron chi connectivity index (χ2n) is 4.31. The number of carbonyl (C=O) groups excluding carboxylic acids is 1. The Kier molecular flexibility index (Phi) is 6.59. The number of rotatable bonds is 7. The van der Waals surface area contributed by atoms with Crippen molar-refractivity contribution in [1.82, 2.24) is 4.90 Å². The molecule has 1 unspecified atom stereocenters. The highest BCUT2D eigenvalue weighted by Crippen LogP contribution is 2.01. The molecule has 0 aliphatic rings. The van der Waals surface area contributed by atoms with Gasteiger partial charge in [-0.15, -0.1) is 0 Å². The summed E-state index contributed by atoms with van der Waals surface area (Å²) in [6.45, 7) is 2.16. The molecule has 0 aromatic rings. The van der Waals surface area contributed by atoms with Crippen molar-refractivity contribution in [2.75, 3.05) is 25.6 Å². The molecule has 0 rings (SSSR count). The SMILES string of the molecule is CC(N)CCCC(=O)N(C)CCS(C)(=O)=O. The summed E-state index contributed by atoms with van der Waals surface area (Å²) >= 11 is 0. The van der Waals surface area contributed by atoms with Crippen LogP contribution in [0.4, 0.5) is 0 Å². The summed E-state index contributed by atoms with van der Waals surface area (Å²) in [7, 11) is -1.38. The Morgan fingerprint density at radius 3 is 2.44 bits per heavy atom. The van der Waals surface area contributed by atoms with Gasteiger partial charge >= 0.3 is 0 Å². The normalized spacial score (nSPS) is 13.5. The quantitative estimate of drug-likeness (QED) is 0.690. The lowest BCUT2D eigenvalue weighted by Crippen LogP contribution is -2.31. The zero-order valence-electron chi connectivity index (χ0n) is 10.3. The molecule has 0 spiro atoms. The van der Waals surface area contributed by atoms with Crippen LogP contribution in [0, 0.1) is 0 Å². The van der Waals surface area contributed by atoms with Gasteiger partial charge in [-0.1, -0.05) is 0 Å². The van der Waals surface area contributed by atoms with Gasteiger partial charge in [0.2, 0.25) is 5.91 Å². The average Bonchev–Trinajstić information content (AvgIpc) is 2.12. The van der Waals surface area contributed by atoms with Crippen molar-refractivity contribution in [3.05, 3.63) is 0 Å². The third-order valence-corrected chi connectivity index (χ3v) is 3.20. The maximum absolute atomic E-state index is 11.5. The number of sulfone groups is 1. The smallest absolute Gasteiger partial charge is 0.222 e. The number of amides is 1. The van der Waals surface area contributed by atoms with Crippen molar-refractivity contribution in [2.24, 2.45) is 5.73 Å². The van der Waals surface area contributed by atoms with Gasteiger partial charge < -0.3 is 10.6 Å². The molecule has 0 fully saturated rings. The molecule has 1 amide bonds. The first-order valence-electron chi connectivity index (χ1n) is 5.39. The van der Waals surface area contributed by atoms with E-state index in [4.69, 9.17) is 5.73 Å². The van der Waals surface area contributed by atoms with Crippen LogP contribution in [0.1, 0.15) is 26.2 Å². The van der Waals surface area contributed by atoms with Gasteiger partial charge in [0.05, 0.1) is 5.75 Å². The lowest BCUT2D eigenvalue weighted by molar-refractivity contribution is -0.129. The predicted octanol–water partition coefficient (Wildman–Crippen LogP) is 0.00690. The van der Waals surface area contributed by atoms with E-state index in [0.29, 0.717) is 6.42 Å². The Morgan fingerprint density at radius 2 is 2.00 bits per heavy atom. The molecule has 0 aliphatic heterocycles. The average molecular weight is 250 g/mol. The minimum Gasteiger partial charge on any atom is -0.345 e. The molecule has 0 aliphatic carbocycles. The van der Waals surface area contributed by atoms with Gasteiger partial charge in [0.15, 0.2) is 0 Å². The van der Waals surface area contributed by atoms with Crippen LogP contribution in [0.3, 0.4) is 0 Å². The topological polar surface area (TPSA) is 80.5 Å². The minimum absolute atomic E-state index is 0.0164. The van der Waals surface area contributed by atoms with Gasteiger partial charge in [-0.2, -0.15) is 0 Å². The summed E-state index contributed by atoms with van der Waals surface area (Å²) in [5.74, 6) is -0.00740. The Hall–Kier alpha value is -0.620. The first-order valence-corrected chi connectivity index (χ1v) is 7.45. The summed E-state index contributed by atoms with van der Waals surface area (Å²) in [5.41, 5.74) is 5.57. The summed E-state index contributed by atoms with van der Waals surface area (Å²) in [5, 5.41) is 0. The van der Waals surface area contributed by atoms with E-state index in [-0.39, 0.29) is 24.2 Å². The first kappa shape index (κ1) is 15.4. The van der Waals surface area contributed by atoms with E-state index >= 15 is 0 Å². The Labute approximate surface area is 97.9 Å². The summed E-state index contributed by atoms with van der Waals surface area (Å²) in [6, 6.07) is 0.106. The lowest BCUT2D eigenvalue weighted by Gasteiger charge is -2.16. The van der Waals surface area contributed by atoms with Gasteiger partial charge in [0.1, 0.15) is 9.84 Å². The largest absolute Gasteiger partial charge is 0.345 e. The second kappa shape index (κ2) is 6.85. The monoisotopic (exact) mass is 250 g/mol. The number of hydrogen-bond donors (Lipinski definition) is 1. The van der Waals surface area contributed by atoms with Crippen LogP contribution in [-0.4, -0.2) is 50.9 Å². The Bertz CT molecular complexity index is 312. The first-order chi connectivity index (χ1) is 7.22. The standard InChI is InChI=1S/C10H22N2O3S/c1-9(11)5-4-6-10(13)12(2)7-8-16(3,14)15/h9H,4-8,11H2,1-3H3. The van der Waals surface area contributed by atoms with Crippen molar-refractivity contribution in [3.8, 4) is 0 Å². The lowest BCUT2D eigenvalue weighted by atomic mass is 10.1. The third kappa shape index (κ3) is 8.67. The van der Waals surface area contributed by atoms with E-state index in [1.165, 1.54) is 11.2 Å². The summed E-state index contributed by atoms with van der Waals surface area (Å²) < 4.78 is 21.8. The predicted molar refractivity (Wildman–Crippen MR) is 64.8 cm³/mol. The van der Waals surface area contributed by atoms with Gasteiger partial charge in [-0.05, 0) is 19.8 Å². The van der Waals surface area contributed by atoms with Crippen molar-refractivity contribution in [1.29, 1.82) is 0 Å². The molecule has 6 heteroatoms. The van der Waals surface area contributed by atoms with Crippen LogP contribution < -0.4 is 5.73 Å². The van der Waals surface area contributed by atoms with Crippen LogP contribution >= 0.6 is 0 Å². The van der Waals surface area contributed by atoms with Crippen LogP contribution in [0.5, 0.6) is 0 Å². The molecule has 0 saturated heterocycles. The van der Waals surface area contributed by atoms with E-state index < -0.39 is 9.84 Å². The van der Waals surface area contributed by atoms with Gasteiger partial charge in [0, 0.05) is 32.3 Å². The molecule has 5 nitrogen and oxygen atoms in total. The highest BCUT2D eigenvalue weighted by molar-refractivity contribution is 7.90. The van der Waals surface area contributed by atoms with Crippen LogP contribution in [-0.2, 0) is 14.6 Å². The van der Waals surface area contributed by atoms with Crippen molar-refractivity contribution in [3.63, 3.8) is 0 Å². The molecule has 0 heterocycles. The second-order valence-corrected chi connectivity index (χ2v) is 6.57. The molecule has 0 saturated carbocycles. The zero-order valence-corrected chi connectivity index (χ0v) is 11.1. The highest BCUT2D eigenvalue weighted by atomic mass is 32.2. The van der Waals surface area contributed by atoms with Gasteiger partial charge in [-0.3, -0.25) is 4.79 Å². The van der Waals surface area contributed by atoms with E-state index in [1.807, 2.05) is 6.92 Å².